The van der Waals surface area contributed by atoms with Gasteiger partial charge in [-0.15, -0.1) is 0 Å². The van der Waals surface area contributed by atoms with E-state index in [9.17, 15) is 4.79 Å². The van der Waals surface area contributed by atoms with Crippen molar-refractivity contribution in [1.82, 2.24) is 0 Å². The molecule has 0 bridgehead atoms. The summed E-state index contributed by atoms with van der Waals surface area (Å²) in [4.78, 5) is 12.7. The fourth-order valence-corrected chi connectivity index (χ4v) is 2.19. The van der Waals surface area contributed by atoms with Crippen LogP contribution in [0.4, 0.5) is 0 Å². The number of carbonyl (C=O) groups excluding carboxylic acids is 1. The number of rotatable bonds is 3. The Hall–Kier alpha value is -2.00. The zero-order chi connectivity index (χ0) is 12.8. The highest BCUT2D eigenvalue weighted by Crippen LogP contribution is 2.20. The minimum absolute atomic E-state index is 0.0671. The van der Waals surface area contributed by atoms with E-state index in [2.05, 4.69) is 0 Å². The van der Waals surface area contributed by atoms with E-state index in [1.165, 1.54) is 17.8 Å². The lowest BCUT2D eigenvalue weighted by atomic mass is 10.1. The van der Waals surface area contributed by atoms with Crippen molar-refractivity contribution >= 4 is 22.6 Å². The van der Waals surface area contributed by atoms with Gasteiger partial charge < -0.3 is 5.73 Å². The molecule has 2 aromatic rings. The zero-order valence-corrected chi connectivity index (χ0v) is 10.6. The molecule has 2 nitrogen and oxygen atoms in total. The van der Waals surface area contributed by atoms with E-state index in [1.54, 1.807) is 0 Å². The van der Waals surface area contributed by atoms with E-state index in [0.717, 1.165) is 10.5 Å². The molecule has 0 aliphatic carbocycles. The van der Waals surface area contributed by atoms with E-state index in [4.69, 9.17) is 5.73 Å². The van der Waals surface area contributed by atoms with Gasteiger partial charge in [-0.2, -0.15) is 0 Å². The van der Waals surface area contributed by atoms with Crippen LogP contribution in [-0.2, 0) is 4.79 Å². The van der Waals surface area contributed by atoms with Crippen molar-refractivity contribution < 1.29 is 4.79 Å². The lowest BCUT2D eigenvalue weighted by Gasteiger charge is -2.01. The molecule has 18 heavy (non-hydrogen) atoms. The average Bonchev–Trinajstić information content (AvgIpc) is 2.40. The molecule has 0 heterocycles. The maximum absolute atomic E-state index is 11.8. The van der Waals surface area contributed by atoms with Crippen molar-refractivity contribution in [3.63, 3.8) is 0 Å². The van der Waals surface area contributed by atoms with Crippen LogP contribution in [0.5, 0.6) is 0 Å². The molecule has 0 radical (unpaired) electrons. The van der Waals surface area contributed by atoms with Crippen molar-refractivity contribution in [2.75, 3.05) is 0 Å². The van der Waals surface area contributed by atoms with Gasteiger partial charge in [0.05, 0.1) is 0 Å². The van der Waals surface area contributed by atoms with Crippen molar-refractivity contribution in [1.29, 1.82) is 0 Å². The second-order valence-corrected chi connectivity index (χ2v) is 4.78. The van der Waals surface area contributed by atoms with Crippen LogP contribution < -0.4 is 5.73 Å². The maximum Gasteiger partial charge on any atom is 0.218 e. The standard InChI is InChI=1S/C15H13NOS/c16-14(12-7-3-1-4-8-12)11-15(17)18-13-9-5-2-6-10-13/h1-11H,16H2/b14-11-. The van der Waals surface area contributed by atoms with Gasteiger partial charge in [-0.05, 0) is 29.5 Å². The predicted octanol–water partition coefficient (Wildman–Crippen LogP) is 3.31. The van der Waals surface area contributed by atoms with Crippen LogP contribution >= 0.6 is 11.8 Å². The number of thioether (sulfide) groups is 1. The molecule has 0 spiro atoms. The lowest BCUT2D eigenvalue weighted by molar-refractivity contribution is -0.107. The Balaban J connectivity index is 2.07. The number of hydrogen-bond donors (Lipinski definition) is 1. The number of nitrogens with two attached hydrogens (primary N) is 1. The van der Waals surface area contributed by atoms with E-state index < -0.39 is 0 Å². The Kier molecular flexibility index (Phi) is 4.20. The summed E-state index contributed by atoms with van der Waals surface area (Å²) in [5.41, 5.74) is 7.23. The summed E-state index contributed by atoms with van der Waals surface area (Å²) < 4.78 is 0. The van der Waals surface area contributed by atoms with Crippen molar-refractivity contribution in [2.45, 2.75) is 4.90 Å². The van der Waals surface area contributed by atoms with Crippen molar-refractivity contribution in [3.05, 3.63) is 72.3 Å². The van der Waals surface area contributed by atoms with Crippen LogP contribution in [-0.4, -0.2) is 5.12 Å². The third-order valence-electron chi connectivity index (χ3n) is 2.34. The SMILES string of the molecule is N/C(=C\C(=O)Sc1ccccc1)c1ccccc1. The second-order valence-electron chi connectivity index (χ2n) is 3.70. The van der Waals surface area contributed by atoms with Crippen LogP contribution in [0.15, 0.2) is 71.6 Å². The van der Waals surface area contributed by atoms with Gasteiger partial charge in [0.15, 0.2) is 0 Å². The first-order valence-electron chi connectivity index (χ1n) is 5.55. The quantitative estimate of drug-likeness (QED) is 0.676. The summed E-state index contributed by atoms with van der Waals surface area (Å²) >= 11 is 1.17. The molecule has 0 saturated carbocycles. The van der Waals surface area contributed by atoms with Gasteiger partial charge in [-0.25, -0.2) is 0 Å². The van der Waals surface area contributed by atoms with Crippen molar-refractivity contribution in [3.8, 4) is 0 Å². The number of hydrogen-bond acceptors (Lipinski definition) is 3. The highest BCUT2D eigenvalue weighted by molar-refractivity contribution is 8.14. The Morgan fingerprint density at radius 3 is 2.11 bits per heavy atom. The van der Waals surface area contributed by atoms with Crippen LogP contribution in [0.3, 0.4) is 0 Å². The van der Waals surface area contributed by atoms with Crippen molar-refractivity contribution in [2.24, 2.45) is 5.73 Å². The monoisotopic (exact) mass is 255 g/mol. The molecular formula is C15H13NOS. The predicted molar refractivity (Wildman–Crippen MR) is 75.9 cm³/mol. The van der Waals surface area contributed by atoms with Crippen LogP contribution in [0.1, 0.15) is 5.56 Å². The smallest absolute Gasteiger partial charge is 0.218 e. The Morgan fingerprint density at radius 1 is 0.944 bits per heavy atom. The molecule has 90 valence electrons. The third kappa shape index (κ3) is 3.50. The maximum atomic E-state index is 11.8. The van der Waals surface area contributed by atoms with Crippen LogP contribution in [0.25, 0.3) is 5.70 Å². The van der Waals surface area contributed by atoms with Gasteiger partial charge in [0, 0.05) is 16.7 Å². The summed E-state index contributed by atoms with van der Waals surface area (Å²) in [5.74, 6) is 0. The fourth-order valence-electron chi connectivity index (χ4n) is 1.48. The molecule has 0 aliphatic rings. The first kappa shape index (κ1) is 12.5. The molecule has 0 unspecified atom stereocenters. The molecule has 2 aromatic carbocycles. The van der Waals surface area contributed by atoms with E-state index in [1.807, 2.05) is 60.7 Å². The van der Waals surface area contributed by atoms with Gasteiger partial charge in [0.25, 0.3) is 0 Å². The number of benzene rings is 2. The second kappa shape index (κ2) is 6.07. The Bertz CT molecular complexity index is 549. The highest BCUT2D eigenvalue weighted by Gasteiger charge is 2.03. The largest absolute Gasteiger partial charge is 0.398 e. The molecule has 0 fully saturated rings. The fraction of sp³-hybridized carbons (Fsp3) is 0. The Labute approximate surface area is 111 Å². The topological polar surface area (TPSA) is 43.1 Å². The Morgan fingerprint density at radius 2 is 1.50 bits per heavy atom. The van der Waals surface area contributed by atoms with Gasteiger partial charge in [0.1, 0.15) is 0 Å². The van der Waals surface area contributed by atoms with Gasteiger partial charge >= 0.3 is 0 Å². The molecule has 0 aliphatic heterocycles. The van der Waals surface area contributed by atoms with E-state index in [0.29, 0.717) is 5.70 Å². The van der Waals surface area contributed by atoms with Gasteiger partial charge in [0.2, 0.25) is 5.12 Å². The summed E-state index contributed by atoms with van der Waals surface area (Å²) in [6.07, 6.45) is 1.47. The molecule has 3 heteroatoms. The first-order chi connectivity index (χ1) is 8.75. The molecular weight excluding hydrogens is 242 g/mol. The molecule has 0 amide bonds. The summed E-state index contributed by atoms with van der Waals surface area (Å²) in [7, 11) is 0. The van der Waals surface area contributed by atoms with Gasteiger partial charge in [-0.3, -0.25) is 4.79 Å². The minimum atomic E-state index is -0.0671. The molecule has 2 rings (SSSR count). The summed E-state index contributed by atoms with van der Waals surface area (Å²) in [5, 5.41) is -0.0671. The first-order valence-corrected chi connectivity index (χ1v) is 6.37. The molecule has 2 N–H and O–H groups in total. The van der Waals surface area contributed by atoms with E-state index >= 15 is 0 Å². The third-order valence-corrected chi connectivity index (χ3v) is 3.17. The zero-order valence-electron chi connectivity index (χ0n) is 9.74. The van der Waals surface area contributed by atoms with E-state index in [-0.39, 0.29) is 5.12 Å². The normalized spacial score (nSPS) is 11.2. The highest BCUT2D eigenvalue weighted by atomic mass is 32.2. The molecule has 0 atom stereocenters. The number of carbonyl (C=O) groups is 1. The van der Waals surface area contributed by atoms with Crippen LogP contribution in [0, 0.1) is 0 Å². The lowest BCUT2D eigenvalue weighted by Crippen LogP contribution is -1.99. The summed E-state index contributed by atoms with van der Waals surface area (Å²) in [6, 6.07) is 19.0. The van der Waals surface area contributed by atoms with Crippen LogP contribution in [0.2, 0.25) is 0 Å². The minimum Gasteiger partial charge on any atom is -0.398 e. The van der Waals surface area contributed by atoms with Gasteiger partial charge in [-0.1, -0.05) is 48.5 Å². The average molecular weight is 255 g/mol. The molecule has 0 aromatic heterocycles. The summed E-state index contributed by atoms with van der Waals surface area (Å²) in [6.45, 7) is 0. The molecule has 0 saturated heterocycles.